The van der Waals surface area contributed by atoms with Gasteiger partial charge in [0.1, 0.15) is 0 Å². The largest absolute Gasteiger partial charge is 0.106 e. The van der Waals surface area contributed by atoms with Gasteiger partial charge < -0.3 is 0 Å². The summed E-state index contributed by atoms with van der Waals surface area (Å²) < 4.78 is 0. The minimum absolute atomic E-state index is 0.520. The van der Waals surface area contributed by atoms with E-state index in [9.17, 15) is 0 Å². The normalized spacial score (nSPS) is 16.6. The molecule has 0 aromatic rings. The van der Waals surface area contributed by atoms with Crippen LogP contribution in [0.2, 0.25) is 137 Å². The van der Waals surface area contributed by atoms with Gasteiger partial charge in [0.15, 0.2) is 0 Å². The third-order valence-electron chi connectivity index (χ3n) is 20.5. The fraction of sp³-hybridized carbons (Fsp3) is 0.511. The molecule has 1 saturated heterocycles. The summed E-state index contributed by atoms with van der Waals surface area (Å²) in [4.78, 5) is 0. The van der Waals surface area contributed by atoms with Crippen molar-refractivity contribution >= 4 is 360 Å². The lowest BCUT2D eigenvalue weighted by atomic mass is 9.36. The molecule has 1 aliphatic heterocycles. The molecule has 0 aliphatic carbocycles. The summed E-state index contributed by atoms with van der Waals surface area (Å²) in [6.45, 7) is 1.79. The van der Waals surface area contributed by atoms with Crippen molar-refractivity contribution < 1.29 is 0 Å². The van der Waals surface area contributed by atoms with Gasteiger partial charge in [0.25, 0.3) is 0 Å². The summed E-state index contributed by atoms with van der Waals surface area (Å²) in [6, 6.07) is 0. The average Bonchev–Trinajstić information content (AvgIpc) is 0.853. The Hall–Kier alpha value is 2.99. The smallest absolute Gasteiger partial charge is 0.0974 e. The molecular weight excluding hydrogens is 1600 g/mol. The fourth-order valence-corrected chi connectivity index (χ4v) is 16.3. The molecule has 7 unspecified atom stereocenters. The highest BCUT2D eigenvalue weighted by Crippen LogP contribution is 2.49. The van der Waals surface area contributed by atoms with Crippen molar-refractivity contribution in [1.82, 2.24) is 0 Å². The quantitative estimate of drug-likeness (QED) is 0.0824. The van der Waals surface area contributed by atoms with Gasteiger partial charge in [-0.2, -0.15) is 0 Å². The summed E-state index contributed by atoms with van der Waals surface area (Å²) in [5.74, 6) is -19.1. The van der Waals surface area contributed by atoms with Crippen molar-refractivity contribution in [3.63, 3.8) is 0 Å². The fourth-order valence-electron chi connectivity index (χ4n) is 16.3. The van der Waals surface area contributed by atoms with E-state index in [2.05, 4.69) is 12.8 Å². The number of rotatable bonds is 86. The van der Waals surface area contributed by atoms with Gasteiger partial charge in [-0.15, -0.1) is 120 Å². The molecule has 0 N–H and O–H groups in total. The van der Waals surface area contributed by atoms with Crippen LogP contribution in [0.25, 0.3) is 0 Å². The molecule has 0 spiro atoms. The molecule has 0 aromatic carbocycles. The molecule has 0 nitrogen and oxygen atoms in total. The predicted octanol–water partition coefficient (Wildman–Crippen LogP) is 3.00. The monoisotopic (exact) mass is 1710 g/mol. The van der Waals surface area contributed by atoms with Crippen molar-refractivity contribution in [1.29, 1.82) is 0 Å². The Balaban J connectivity index is 6.21. The van der Waals surface area contributed by atoms with E-state index in [4.69, 9.17) is 353 Å². The Morgan fingerprint density at radius 2 is 0.225 bits per heavy atom. The third kappa shape index (κ3) is 75.7. The van der Waals surface area contributed by atoms with Crippen LogP contribution in [-0.2, 0) is 0 Å². The molecule has 1 heterocycles. The maximum Gasteiger partial charge on any atom is 0.0974 e. The molecule has 136 radical (unpaired) electrons. The zero-order valence-electron chi connectivity index (χ0n) is 80.1. The summed E-state index contributed by atoms with van der Waals surface area (Å²) in [5, 5.41) is 0. The standard InChI is InChI=1S/C92H94B46/c1-47(93)2-48(24-70(94)95)3-49(13-59(25-71(96)97)26-72(98)99)4-50(12-58(22-68(43-89(132)133)44-90(134)135)23-69-45-91(136)138-92(137)46-69)5-51(6-52(8-54(14-60(27-73(100)101)28-74(102)103)15-61(29-75(104)105)30-76(106)107)9-55(16-62(31-77(108)109)32-78(110)111)17-63(33-79(112)113)34-80(114)115)7-53(10-56(18-64(35-81(116)117)36-82(118)119)19-65(37-83(120)121)38-84(122)123)11-57(20-66(39-85(124)125)40-86(126)127)21-67(41-87(128)129)42-88(130)131/h2-92H,1H3. The van der Waals surface area contributed by atoms with Crippen LogP contribution in [0.15, 0.2) is 0 Å². The molecule has 600 valence electrons. The first-order valence-electron chi connectivity index (χ1n) is 46.2. The number of hydrogen-bond acceptors (Lipinski definition) is 0. The van der Waals surface area contributed by atoms with Crippen LogP contribution in [-0.4, -0.2) is 360 Å². The van der Waals surface area contributed by atoms with Gasteiger partial charge in [-0.25, -0.2) is 0 Å². The molecule has 1 rings (SSSR count). The van der Waals surface area contributed by atoms with E-state index in [1.807, 2.05) is 141 Å². The summed E-state index contributed by atoms with van der Waals surface area (Å²) >= 11 is 0. The second-order valence-electron chi connectivity index (χ2n) is 35.7. The van der Waals surface area contributed by atoms with Crippen molar-refractivity contribution in [3.8, 4) is 0 Å². The van der Waals surface area contributed by atoms with Crippen LogP contribution < -0.4 is 0 Å². The van der Waals surface area contributed by atoms with E-state index in [1.54, 1.807) is 149 Å². The van der Waals surface area contributed by atoms with Crippen molar-refractivity contribution in [2.45, 2.75) is 144 Å². The highest BCUT2D eigenvalue weighted by atomic mass is 14.4. The first-order chi connectivity index (χ1) is 64.1. The van der Waals surface area contributed by atoms with Gasteiger partial charge in [-0.1, -0.05) is 24.2 Å². The second kappa shape index (κ2) is 77.3. The van der Waals surface area contributed by atoms with Crippen molar-refractivity contribution in [2.24, 2.45) is 130 Å². The van der Waals surface area contributed by atoms with E-state index in [0.717, 1.165) is 0 Å². The van der Waals surface area contributed by atoms with Gasteiger partial charge in [0.05, 0.1) is 360 Å². The Labute approximate surface area is 916 Å². The first-order valence-corrected chi connectivity index (χ1v) is 46.2. The van der Waals surface area contributed by atoms with E-state index in [-0.39, 0.29) is 0 Å². The average molecular weight is 1700 g/mol. The minimum Gasteiger partial charge on any atom is -0.106 e. The Morgan fingerprint density at radius 3 is 0.319 bits per heavy atom. The maximum atomic E-state index is 6.80. The Morgan fingerprint density at radius 1 is 0.138 bits per heavy atom. The van der Waals surface area contributed by atoms with Crippen LogP contribution in [0.3, 0.4) is 0 Å². The zero-order valence-corrected chi connectivity index (χ0v) is 80.1. The third-order valence-corrected chi connectivity index (χ3v) is 20.5. The minimum atomic E-state index is -1.10. The van der Waals surface area contributed by atoms with Crippen LogP contribution in [0.4, 0.5) is 0 Å². The lowest BCUT2D eigenvalue weighted by molar-refractivity contribution is 0.457. The summed E-state index contributed by atoms with van der Waals surface area (Å²) in [5.41, 5.74) is -23.4. The molecule has 1 fully saturated rings. The molecule has 0 bridgehead atoms. The lowest BCUT2D eigenvalue weighted by Gasteiger charge is -2.39. The van der Waals surface area contributed by atoms with Crippen LogP contribution >= 0.6 is 0 Å². The number of hydrogen-bond donors (Lipinski definition) is 0. The van der Waals surface area contributed by atoms with Crippen LogP contribution in [0.1, 0.15) is 6.92 Å². The molecule has 46 heteroatoms. The van der Waals surface area contributed by atoms with Crippen LogP contribution in [0, 0.1) is 419 Å². The molecule has 0 saturated carbocycles. The van der Waals surface area contributed by atoms with E-state index in [1.165, 1.54) is 0 Å². The Kier molecular flexibility index (Phi) is 77.9. The van der Waals surface area contributed by atoms with Gasteiger partial charge in [0, 0.05) is 0 Å². The lowest BCUT2D eigenvalue weighted by Crippen LogP contribution is -2.32. The van der Waals surface area contributed by atoms with Crippen molar-refractivity contribution in [3.05, 3.63) is 289 Å². The Bertz CT molecular complexity index is 2360. The molecular formula is C92H94B46. The SMILES string of the molecule is [B]C([B])[CH]C([CH]C([B])[B])[CH]C([CH]C([CH]C([B])[B])[CH]C([B])[B])[CH]C([CH]C([CH]C([CH]C([B])[B])[CH]C([B])[B])[CH]C([CH]C([B])[B])[CH]C([B])[B])[CH]C([CH]C([CH]C([CH]C([CH]C([B])[B])[CH]C([B])[B])[CH]C([CH]C([B])[B])[CH]C([B])[B])[CH]C([CH]C([CH]C([B])[B])[CH]C([B])[B])[CH]C([CH]C([B])[B])[CH]C([B])[B])[CH]C([CH]C([CH]C([CH]C([B])[B])[CH]C([B])[B])[CH]C([CH]C([B])[B])[CH]C([B])C)[CH]C([CH]C([CH]C([B])[B])[CH]C([B])[B])[CH]C1[CH]C([B])[B]C([B])[CH]1. The van der Waals surface area contributed by atoms with E-state index < -0.39 is 267 Å². The van der Waals surface area contributed by atoms with Crippen LogP contribution in [0.5, 0.6) is 0 Å². The summed E-state index contributed by atoms with van der Waals surface area (Å²) in [6.07, 6.45) is 81.4. The van der Waals surface area contributed by atoms with E-state index in [0.29, 0.717) is 0 Å². The van der Waals surface area contributed by atoms with Crippen molar-refractivity contribution in [2.75, 3.05) is 0 Å². The van der Waals surface area contributed by atoms with Gasteiger partial charge in [0.2, 0.25) is 0 Å². The molecule has 138 heavy (non-hydrogen) atoms. The highest BCUT2D eigenvalue weighted by molar-refractivity contribution is 6.60. The molecule has 7 atom stereocenters. The second-order valence-corrected chi connectivity index (χ2v) is 35.7. The predicted molar refractivity (Wildman–Crippen MR) is 631 cm³/mol. The molecule has 0 aromatic heterocycles. The zero-order chi connectivity index (χ0) is 105. The maximum absolute atomic E-state index is 6.80. The molecule has 0 amide bonds. The molecule has 1 aliphatic rings. The highest BCUT2D eigenvalue weighted by Gasteiger charge is 2.41. The first kappa shape index (κ1) is 139. The van der Waals surface area contributed by atoms with Gasteiger partial charge >= 0.3 is 0 Å². The topological polar surface area (TPSA) is 0 Å². The van der Waals surface area contributed by atoms with Gasteiger partial charge in [-0.3, -0.25) is 0 Å². The van der Waals surface area contributed by atoms with Gasteiger partial charge in [-0.05, 0) is 419 Å². The summed E-state index contributed by atoms with van der Waals surface area (Å²) in [7, 11) is 295. The van der Waals surface area contributed by atoms with E-state index >= 15 is 0 Å².